The Morgan fingerprint density at radius 2 is 2.23 bits per heavy atom. The van der Waals surface area contributed by atoms with Crippen LogP contribution >= 0.6 is 0 Å². The molecule has 5 heteroatoms. The van der Waals surface area contributed by atoms with Crippen LogP contribution in [0.5, 0.6) is 0 Å². The lowest BCUT2D eigenvalue weighted by molar-refractivity contribution is -0.385. The smallest absolute Gasteiger partial charge is 0.272 e. The fraction of sp³-hybridized carbons (Fsp3) is 0.250. The van der Waals surface area contributed by atoms with E-state index in [0.29, 0.717) is 0 Å². The zero-order chi connectivity index (χ0) is 10.0. The third-order valence-electron chi connectivity index (χ3n) is 1.64. The van der Waals surface area contributed by atoms with Crippen LogP contribution in [-0.2, 0) is 0 Å². The first-order valence-electron chi connectivity index (χ1n) is 3.64. The second-order valence-corrected chi connectivity index (χ2v) is 2.64. The highest BCUT2D eigenvalue weighted by Gasteiger charge is 2.13. The second-order valence-electron chi connectivity index (χ2n) is 2.64. The number of nitro groups is 1. The summed E-state index contributed by atoms with van der Waals surface area (Å²) < 4.78 is 13.0. The Morgan fingerprint density at radius 1 is 1.62 bits per heavy atom. The van der Waals surface area contributed by atoms with E-state index in [9.17, 15) is 14.5 Å². The molecule has 0 fully saturated rings. The number of benzene rings is 1. The van der Waals surface area contributed by atoms with E-state index < -0.39 is 16.8 Å². The van der Waals surface area contributed by atoms with Gasteiger partial charge in [0.2, 0.25) is 0 Å². The van der Waals surface area contributed by atoms with E-state index in [1.54, 1.807) is 0 Å². The first-order valence-corrected chi connectivity index (χ1v) is 3.64. The topological polar surface area (TPSA) is 63.4 Å². The number of halogens is 1. The molecule has 1 N–H and O–H groups in total. The number of non-ortho nitro benzene ring substituents is 1. The van der Waals surface area contributed by atoms with Gasteiger partial charge in [-0.2, -0.15) is 0 Å². The lowest BCUT2D eigenvalue weighted by Gasteiger charge is -2.04. The Balaban J connectivity index is 3.13. The summed E-state index contributed by atoms with van der Waals surface area (Å²) in [6.45, 7) is 1.39. The number of rotatable bonds is 2. The van der Waals surface area contributed by atoms with E-state index in [0.717, 1.165) is 12.1 Å². The molecule has 0 saturated carbocycles. The monoisotopic (exact) mass is 185 g/mol. The summed E-state index contributed by atoms with van der Waals surface area (Å²) in [4.78, 5) is 9.53. The highest BCUT2D eigenvalue weighted by Crippen LogP contribution is 2.21. The van der Waals surface area contributed by atoms with Crippen LogP contribution in [0.4, 0.5) is 10.1 Å². The minimum Gasteiger partial charge on any atom is -0.389 e. The van der Waals surface area contributed by atoms with Crippen molar-refractivity contribution in [2.75, 3.05) is 0 Å². The average Bonchev–Trinajstić information content (AvgIpc) is 2.03. The third-order valence-corrected chi connectivity index (χ3v) is 1.64. The summed E-state index contributed by atoms with van der Waals surface area (Å²) in [6, 6.07) is 3.16. The maximum atomic E-state index is 13.0. The van der Waals surface area contributed by atoms with Crippen LogP contribution in [0.15, 0.2) is 18.2 Å². The first kappa shape index (κ1) is 9.60. The van der Waals surface area contributed by atoms with Gasteiger partial charge in [0.05, 0.1) is 17.1 Å². The van der Waals surface area contributed by atoms with Gasteiger partial charge in [-0.05, 0) is 13.0 Å². The predicted molar refractivity (Wildman–Crippen MR) is 43.7 cm³/mol. The van der Waals surface area contributed by atoms with Gasteiger partial charge in [0, 0.05) is 11.6 Å². The molecular formula is C8H8FNO3. The molecule has 1 rings (SSSR count). The Kier molecular flexibility index (Phi) is 2.57. The average molecular weight is 185 g/mol. The van der Waals surface area contributed by atoms with Crippen molar-refractivity contribution in [3.8, 4) is 0 Å². The van der Waals surface area contributed by atoms with Crippen LogP contribution in [0.1, 0.15) is 18.6 Å². The summed E-state index contributed by atoms with van der Waals surface area (Å²) in [5, 5.41) is 19.2. The van der Waals surface area contributed by atoms with Gasteiger partial charge in [0.1, 0.15) is 5.82 Å². The number of hydrogen-bond donors (Lipinski definition) is 1. The maximum absolute atomic E-state index is 13.0. The Hall–Kier alpha value is -1.49. The van der Waals surface area contributed by atoms with E-state index in [1.165, 1.54) is 13.0 Å². The van der Waals surface area contributed by atoms with E-state index in [2.05, 4.69) is 0 Å². The minimum absolute atomic E-state index is 0.0607. The summed E-state index contributed by atoms with van der Waals surface area (Å²) in [5.74, 6) is -0.760. The molecule has 70 valence electrons. The molecular weight excluding hydrogens is 177 g/mol. The van der Waals surface area contributed by atoms with Crippen molar-refractivity contribution in [2.45, 2.75) is 13.0 Å². The molecule has 1 aromatic carbocycles. The highest BCUT2D eigenvalue weighted by molar-refractivity contribution is 5.34. The zero-order valence-corrected chi connectivity index (χ0v) is 6.90. The van der Waals surface area contributed by atoms with Crippen LogP contribution in [0, 0.1) is 15.9 Å². The summed E-state index contributed by atoms with van der Waals surface area (Å²) in [6.07, 6.45) is -0.958. The Bertz CT molecular complexity index is 338. The Morgan fingerprint density at radius 3 is 2.62 bits per heavy atom. The number of aliphatic hydroxyl groups is 1. The van der Waals surface area contributed by atoms with E-state index >= 15 is 0 Å². The normalized spacial score (nSPS) is 12.5. The fourth-order valence-electron chi connectivity index (χ4n) is 0.968. The number of aliphatic hydroxyl groups excluding tert-OH is 1. The standard InChI is InChI=1S/C8H8FNO3/c1-5(11)7-3-2-6(10(12)13)4-8(7)9/h2-5,11H,1H3. The SMILES string of the molecule is CC(O)c1ccc([N+](=O)[O-])cc1F. The number of nitro benzene ring substituents is 1. The van der Waals surface area contributed by atoms with Gasteiger partial charge in [-0.3, -0.25) is 10.1 Å². The van der Waals surface area contributed by atoms with Crippen molar-refractivity contribution in [1.29, 1.82) is 0 Å². The van der Waals surface area contributed by atoms with Gasteiger partial charge in [-0.25, -0.2) is 4.39 Å². The lowest BCUT2D eigenvalue weighted by Crippen LogP contribution is -1.97. The largest absolute Gasteiger partial charge is 0.389 e. The van der Waals surface area contributed by atoms with Gasteiger partial charge < -0.3 is 5.11 Å². The van der Waals surface area contributed by atoms with E-state index in [-0.39, 0.29) is 11.3 Å². The molecule has 0 saturated heterocycles. The molecule has 13 heavy (non-hydrogen) atoms. The summed E-state index contributed by atoms with van der Waals surface area (Å²) in [7, 11) is 0. The zero-order valence-electron chi connectivity index (χ0n) is 6.90. The Labute approximate surface area is 73.8 Å². The molecule has 0 heterocycles. The fourth-order valence-corrected chi connectivity index (χ4v) is 0.968. The van der Waals surface area contributed by atoms with Crippen LogP contribution in [0.25, 0.3) is 0 Å². The van der Waals surface area contributed by atoms with Crippen molar-refractivity contribution in [3.05, 3.63) is 39.7 Å². The van der Waals surface area contributed by atoms with Crippen LogP contribution < -0.4 is 0 Å². The number of hydrogen-bond acceptors (Lipinski definition) is 3. The molecule has 0 spiro atoms. The van der Waals surface area contributed by atoms with Gasteiger partial charge in [-0.1, -0.05) is 0 Å². The van der Waals surface area contributed by atoms with Crippen LogP contribution in [-0.4, -0.2) is 10.0 Å². The van der Waals surface area contributed by atoms with Crippen LogP contribution in [0.2, 0.25) is 0 Å². The van der Waals surface area contributed by atoms with Gasteiger partial charge in [0.25, 0.3) is 5.69 Å². The second kappa shape index (κ2) is 3.49. The van der Waals surface area contributed by atoms with Gasteiger partial charge in [-0.15, -0.1) is 0 Å². The van der Waals surface area contributed by atoms with Gasteiger partial charge in [0.15, 0.2) is 0 Å². The van der Waals surface area contributed by atoms with Crippen molar-refractivity contribution in [3.63, 3.8) is 0 Å². The van der Waals surface area contributed by atoms with Crippen molar-refractivity contribution >= 4 is 5.69 Å². The molecule has 0 aliphatic carbocycles. The first-order chi connectivity index (χ1) is 6.02. The third kappa shape index (κ3) is 2.00. The van der Waals surface area contributed by atoms with Crippen molar-refractivity contribution < 1.29 is 14.4 Å². The molecule has 1 atom stereocenters. The molecule has 0 aliphatic rings. The molecule has 4 nitrogen and oxygen atoms in total. The maximum Gasteiger partial charge on any atom is 0.272 e. The highest BCUT2D eigenvalue weighted by atomic mass is 19.1. The number of nitrogens with zero attached hydrogens (tertiary/aromatic N) is 1. The van der Waals surface area contributed by atoms with E-state index in [1.807, 2.05) is 0 Å². The van der Waals surface area contributed by atoms with Crippen LogP contribution in [0.3, 0.4) is 0 Å². The molecule has 0 aliphatic heterocycles. The quantitative estimate of drug-likeness (QED) is 0.564. The molecule has 1 aromatic rings. The van der Waals surface area contributed by atoms with E-state index in [4.69, 9.17) is 5.11 Å². The van der Waals surface area contributed by atoms with Crippen molar-refractivity contribution in [1.82, 2.24) is 0 Å². The van der Waals surface area contributed by atoms with Gasteiger partial charge >= 0.3 is 0 Å². The molecule has 1 unspecified atom stereocenters. The summed E-state index contributed by atoms with van der Waals surface area (Å²) >= 11 is 0. The summed E-state index contributed by atoms with van der Waals surface area (Å²) in [5.41, 5.74) is -0.257. The minimum atomic E-state index is -0.958. The molecule has 0 amide bonds. The molecule has 0 bridgehead atoms. The predicted octanol–water partition coefficient (Wildman–Crippen LogP) is 1.79. The molecule has 0 radical (unpaired) electrons. The lowest BCUT2D eigenvalue weighted by atomic mass is 10.1. The van der Waals surface area contributed by atoms with Crippen molar-refractivity contribution in [2.24, 2.45) is 0 Å². The molecule has 0 aromatic heterocycles.